The molecule has 0 bridgehead atoms. The molecule has 4 rings (SSSR count). The van der Waals surface area contributed by atoms with E-state index in [9.17, 15) is 18.0 Å². The maximum absolute atomic E-state index is 13.4. The minimum Gasteiger partial charge on any atom is -0.413 e. The predicted octanol–water partition coefficient (Wildman–Crippen LogP) is 4.57. The Morgan fingerprint density at radius 2 is 1.91 bits per heavy atom. The summed E-state index contributed by atoms with van der Waals surface area (Å²) in [5.74, 6) is -1.71. The van der Waals surface area contributed by atoms with Crippen LogP contribution in [-0.2, 0) is 12.7 Å². The van der Waals surface area contributed by atoms with Crippen molar-refractivity contribution in [2.45, 2.75) is 19.6 Å². The highest BCUT2D eigenvalue weighted by Crippen LogP contribution is 2.30. The average Bonchev–Trinajstić information content (AvgIpc) is 3.34. The van der Waals surface area contributed by atoms with E-state index in [0.29, 0.717) is 29.5 Å². The van der Waals surface area contributed by atoms with E-state index < -0.39 is 12.1 Å². The Bertz CT molecular complexity index is 1130. The van der Waals surface area contributed by atoms with Gasteiger partial charge in [0.15, 0.2) is 0 Å². The summed E-state index contributed by atoms with van der Waals surface area (Å²) in [5.41, 5.74) is 1.39. The SMILES string of the molecule is CCN1CCN(C(=O)N(Cc2ccc(-c3nnc(C(F)(F)F)o3)cn2)c2cccc(Cl)c2)CC1. The van der Waals surface area contributed by atoms with Gasteiger partial charge in [-0.1, -0.05) is 24.6 Å². The predicted molar refractivity (Wildman–Crippen MR) is 119 cm³/mol. The van der Waals surface area contributed by atoms with Gasteiger partial charge in [0, 0.05) is 43.1 Å². The van der Waals surface area contributed by atoms with Crippen LogP contribution in [0.25, 0.3) is 11.5 Å². The van der Waals surface area contributed by atoms with Gasteiger partial charge in [-0.3, -0.25) is 9.88 Å². The smallest absolute Gasteiger partial charge is 0.413 e. The van der Waals surface area contributed by atoms with E-state index in [1.807, 2.05) is 0 Å². The fourth-order valence-electron chi connectivity index (χ4n) is 3.60. The molecule has 0 unspecified atom stereocenters. The summed E-state index contributed by atoms with van der Waals surface area (Å²) in [6, 6.07) is 9.93. The Labute approximate surface area is 198 Å². The molecule has 0 N–H and O–H groups in total. The number of pyridine rings is 1. The number of nitrogens with zero attached hydrogens (tertiary/aromatic N) is 6. The highest BCUT2D eigenvalue weighted by Gasteiger charge is 2.38. The molecule has 0 saturated carbocycles. The number of piperazine rings is 1. The number of amides is 2. The van der Waals surface area contributed by atoms with E-state index in [1.54, 1.807) is 40.1 Å². The zero-order valence-electron chi connectivity index (χ0n) is 18.3. The first-order chi connectivity index (χ1) is 16.2. The monoisotopic (exact) mass is 494 g/mol. The Hall–Kier alpha value is -3.18. The van der Waals surface area contributed by atoms with Gasteiger partial charge in [-0.05, 0) is 36.9 Å². The molecule has 1 aliphatic rings. The molecule has 12 heteroatoms. The van der Waals surface area contributed by atoms with Crippen molar-refractivity contribution in [2.24, 2.45) is 0 Å². The summed E-state index contributed by atoms with van der Waals surface area (Å²) < 4.78 is 42.9. The van der Waals surface area contributed by atoms with Crippen LogP contribution in [-0.4, -0.2) is 63.7 Å². The summed E-state index contributed by atoms with van der Waals surface area (Å²) in [4.78, 5) is 23.4. The van der Waals surface area contributed by atoms with E-state index in [0.717, 1.165) is 19.6 Å². The Morgan fingerprint density at radius 3 is 2.50 bits per heavy atom. The molecule has 1 fully saturated rings. The maximum atomic E-state index is 13.4. The van der Waals surface area contributed by atoms with Crippen molar-refractivity contribution in [1.82, 2.24) is 25.0 Å². The third-order valence-electron chi connectivity index (χ3n) is 5.50. The van der Waals surface area contributed by atoms with Crippen molar-refractivity contribution < 1.29 is 22.4 Å². The van der Waals surface area contributed by atoms with E-state index in [1.165, 1.54) is 12.3 Å². The lowest BCUT2D eigenvalue weighted by Gasteiger charge is -2.37. The molecule has 180 valence electrons. The summed E-state index contributed by atoms with van der Waals surface area (Å²) in [5, 5.41) is 6.95. The van der Waals surface area contributed by atoms with Gasteiger partial charge in [-0.25, -0.2) is 4.79 Å². The molecule has 0 aliphatic carbocycles. The number of anilines is 1. The zero-order valence-corrected chi connectivity index (χ0v) is 19.1. The average molecular weight is 495 g/mol. The van der Waals surface area contributed by atoms with E-state index in [2.05, 4.69) is 27.0 Å². The van der Waals surface area contributed by atoms with Crippen molar-refractivity contribution >= 4 is 23.3 Å². The quantitative estimate of drug-likeness (QED) is 0.517. The number of carbonyl (C=O) groups excluding carboxylic acids is 1. The number of halogens is 4. The second-order valence-corrected chi connectivity index (χ2v) is 8.15. The van der Waals surface area contributed by atoms with Crippen molar-refractivity contribution in [2.75, 3.05) is 37.6 Å². The normalized spacial score (nSPS) is 14.9. The molecule has 3 aromatic rings. The Balaban J connectivity index is 1.54. The molecule has 1 aromatic carbocycles. The number of alkyl halides is 3. The minimum absolute atomic E-state index is 0.144. The molecule has 34 heavy (non-hydrogen) atoms. The third kappa shape index (κ3) is 5.48. The first-order valence-electron chi connectivity index (χ1n) is 10.6. The van der Waals surface area contributed by atoms with Crippen LogP contribution in [0.3, 0.4) is 0 Å². The largest absolute Gasteiger partial charge is 0.470 e. The van der Waals surface area contributed by atoms with Crippen molar-refractivity contribution in [3.63, 3.8) is 0 Å². The number of rotatable bonds is 5. The van der Waals surface area contributed by atoms with Gasteiger partial charge in [0.1, 0.15) is 0 Å². The van der Waals surface area contributed by atoms with Gasteiger partial charge in [-0.15, -0.1) is 10.2 Å². The minimum atomic E-state index is -4.72. The molecule has 2 aromatic heterocycles. The number of aromatic nitrogens is 3. The summed E-state index contributed by atoms with van der Waals surface area (Å²) in [7, 11) is 0. The first kappa shape index (κ1) is 24.0. The van der Waals surface area contributed by atoms with Crippen molar-refractivity contribution in [3.05, 3.63) is 59.2 Å². The van der Waals surface area contributed by atoms with Crippen molar-refractivity contribution in [1.29, 1.82) is 0 Å². The van der Waals surface area contributed by atoms with Crippen LogP contribution < -0.4 is 4.90 Å². The lowest BCUT2D eigenvalue weighted by molar-refractivity contribution is -0.156. The molecular formula is C22H22ClF3N6O2. The van der Waals surface area contributed by atoms with Crippen LogP contribution in [0.5, 0.6) is 0 Å². The third-order valence-corrected chi connectivity index (χ3v) is 5.74. The van der Waals surface area contributed by atoms with Gasteiger partial charge in [0.25, 0.3) is 0 Å². The Morgan fingerprint density at radius 1 is 1.15 bits per heavy atom. The number of urea groups is 1. The van der Waals surface area contributed by atoms with Crippen LogP contribution in [0.1, 0.15) is 18.5 Å². The molecule has 0 radical (unpaired) electrons. The summed E-state index contributed by atoms with van der Waals surface area (Å²) in [6.07, 6.45) is -3.39. The van der Waals surface area contributed by atoms with Gasteiger partial charge in [-0.2, -0.15) is 13.2 Å². The van der Waals surface area contributed by atoms with Crippen LogP contribution >= 0.6 is 11.6 Å². The molecule has 0 spiro atoms. The fraction of sp³-hybridized carbons (Fsp3) is 0.364. The maximum Gasteiger partial charge on any atom is 0.470 e. The van der Waals surface area contributed by atoms with Gasteiger partial charge in [0.2, 0.25) is 5.89 Å². The number of hydrogen-bond donors (Lipinski definition) is 0. The molecule has 1 saturated heterocycles. The second-order valence-electron chi connectivity index (χ2n) is 7.72. The van der Waals surface area contributed by atoms with E-state index in [-0.39, 0.29) is 24.0 Å². The molecule has 2 amide bonds. The molecule has 3 heterocycles. The van der Waals surface area contributed by atoms with Gasteiger partial charge >= 0.3 is 18.1 Å². The highest BCUT2D eigenvalue weighted by atomic mass is 35.5. The first-order valence-corrected chi connectivity index (χ1v) is 11.0. The topological polar surface area (TPSA) is 78.6 Å². The number of likely N-dealkylation sites (N-methyl/N-ethyl adjacent to an activating group) is 1. The van der Waals surface area contributed by atoms with Crippen LogP contribution in [0.2, 0.25) is 5.02 Å². The lowest BCUT2D eigenvalue weighted by atomic mass is 10.2. The molecule has 8 nitrogen and oxygen atoms in total. The Kier molecular flexibility index (Phi) is 7.03. The van der Waals surface area contributed by atoms with E-state index >= 15 is 0 Å². The molecule has 0 atom stereocenters. The zero-order chi connectivity index (χ0) is 24.3. The number of carbonyl (C=O) groups is 1. The van der Waals surface area contributed by atoms with Gasteiger partial charge in [0.05, 0.1) is 17.8 Å². The summed E-state index contributed by atoms with van der Waals surface area (Å²) in [6.45, 7) is 5.96. The standard InChI is InChI=1S/C22H22ClF3N6O2/c1-2-30-8-10-31(11-9-30)21(33)32(18-5-3-4-16(23)12-18)14-17-7-6-15(13-27-17)19-28-29-20(34-19)22(24,25)26/h3-7,12-13H,2,8-11,14H2,1H3. The summed E-state index contributed by atoms with van der Waals surface area (Å²) >= 11 is 6.17. The van der Waals surface area contributed by atoms with Crippen molar-refractivity contribution in [3.8, 4) is 11.5 Å². The fourth-order valence-corrected chi connectivity index (χ4v) is 3.78. The van der Waals surface area contributed by atoms with E-state index in [4.69, 9.17) is 16.0 Å². The number of hydrogen-bond acceptors (Lipinski definition) is 6. The molecular weight excluding hydrogens is 473 g/mol. The molecule has 1 aliphatic heterocycles. The number of benzene rings is 1. The second kappa shape index (κ2) is 9.98. The van der Waals surface area contributed by atoms with Crippen LogP contribution in [0.4, 0.5) is 23.7 Å². The lowest BCUT2D eigenvalue weighted by Crippen LogP contribution is -2.52. The highest BCUT2D eigenvalue weighted by molar-refractivity contribution is 6.30. The van der Waals surface area contributed by atoms with Gasteiger partial charge < -0.3 is 14.2 Å². The van der Waals surface area contributed by atoms with Crippen LogP contribution in [0, 0.1) is 0 Å². The van der Waals surface area contributed by atoms with Crippen LogP contribution in [0.15, 0.2) is 47.0 Å².